The number of rotatable bonds is 3. The average molecular weight is 315 g/mol. The van der Waals surface area contributed by atoms with Gasteiger partial charge in [0.25, 0.3) is 0 Å². The van der Waals surface area contributed by atoms with Gasteiger partial charge in [0.2, 0.25) is 5.91 Å². The van der Waals surface area contributed by atoms with Crippen molar-refractivity contribution in [3.63, 3.8) is 0 Å². The fraction of sp³-hybridized carbons (Fsp3) is 0.556. The van der Waals surface area contributed by atoms with Crippen molar-refractivity contribution in [2.75, 3.05) is 13.1 Å². The third kappa shape index (κ3) is 3.19. The van der Waals surface area contributed by atoms with Gasteiger partial charge in [-0.05, 0) is 52.7 Å². The molecule has 3 heterocycles. The van der Waals surface area contributed by atoms with Crippen LogP contribution < -0.4 is 0 Å². The number of carbonyl (C=O) groups is 1. The van der Waals surface area contributed by atoms with E-state index in [0.717, 1.165) is 54.4 Å². The van der Waals surface area contributed by atoms with Gasteiger partial charge in [0.05, 0.1) is 11.6 Å². The maximum Gasteiger partial charge on any atom is 0.229 e. The number of carbonyl (C=O) groups excluding carboxylic acids is 1. The van der Waals surface area contributed by atoms with Crippen LogP contribution >= 0.6 is 0 Å². The van der Waals surface area contributed by atoms with Crippen LogP contribution in [0.1, 0.15) is 60.1 Å². The first-order valence-electron chi connectivity index (χ1n) is 8.33. The SMILES string of the molecule is Cc1cc([C@H]2CCCN(C(=O)[C@@H](C)c3cc(C)oc3C)C2)n[nH]1. The molecule has 0 saturated carbocycles. The fourth-order valence-corrected chi connectivity index (χ4v) is 3.55. The molecule has 1 N–H and O–H groups in total. The minimum atomic E-state index is -0.160. The second-order valence-electron chi connectivity index (χ2n) is 6.69. The zero-order valence-corrected chi connectivity index (χ0v) is 14.3. The van der Waals surface area contributed by atoms with Crippen molar-refractivity contribution >= 4 is 5.91 Å². The summed E-state index contributed by atoms with van der Waals surface area (Å²) < 4.78 is 5.58. The van der Waals surface area contributed by atoms with E-state index in [0.29, 0.717) is 5.92 Å². The number of hydrogen-bond donors (Lipinski definition) is 1. The van der Waals surface area contributed by atoms with Gasteiger partial charge in [0.15, 0.2) is 0 Å². The molecule has 1 aliphatic rings. The summed E-state index contributed by atoms with van der Waals surface area (Å²) in [6, 6.07) is 4.07. The van der Waals surface area contributed by atoms with Gasteiger partial charge in [-0.1, -0.05) is 0 Å². The number of amides is 1. The monoisotopic (exact) mass is 315 g/mol. The van der Waals surface area contributed by atoms with E-state index in [2.05, 4.69) is 16.3 Å². The van der Waals surface area contributed by atoms with Crippen LogP contribution in [0.4, 0.5) is 0 Å². The third-order valence-electron chi connectivity index (χ3n) is 4.79. The lowest BCUT2D eigenvalue weighted by Gasteiger charge is -2.33. The number of furan rings is 1. The third-order valence-corrected chi connectivity index (χ3v) is 4.79. The first-order chi connectivity index (χ1) is 11.0. The molecule has 5 heteroatoms. The molecule has 1 aliphatic heterocycles. The quantitative estimate of drug-likeness (QED) is 0.944. The molecule has 0 unspecified atom stereocenters. The second kappa shape index (κ2) is 6.22. The topological polar surface area (TPSA) is 62.1 Å². The van der Waals surface area contributed by atoms with E-state index in [1.165, 1.54) is 0 Å². The largest absolute Gasteiger partial charge is 0.466 e. The highest BCUT2D eigenvalue weighted by molar-refractivity contribution is 5.83. The lowest BCUT2D eigenvalue weighted by Crippen LogP contribution is -2.41. The van der Waals surface area contributed by atoms with Crippen LogP contribution in [0.3, 0.4) is 0 Å². The van der Waals surface area contributed by atoms with Crippen LogP contribution in [0.25, 0.3) is 0 Å². The lowest BCUT2D eigenvalue weighted by atomic mass is 9.92. The molecule has 0 aliphatic carbocycles. The van der Waals surface area contributed by atoms with Gasteiger partial charge in [0.1, 0.15) is 11.5 Å². The standard InChI is InChI=1S/C18H25N3O2/c1-11-8-17(20-19-11)15-6-5-7-21(10-15)18(22)13(3)16-9-12(2)23-14(16)4/h8-9,13,15H,5-7,10H2,1-4H3,(H,19,20)/t13-,15-/m0/s1. The Bertz CT molecular complexity index is 701. The number of aromatic nitrogens is 2. The normalized spacial score (nSPS) is 19.8. The number of nitrogens with one attached hydrogen (secondary N) is 1. The summed E-state index contributed by atoms with van der Waals surface area (Å²) in [4.78, 5) is 14.9. The molecule has 0 radical (unpaired) electrons. The number of aromatic amines is 1. The van der Waals surface area contributed by atoms with Crippen molar-refractivity contribution in [2.24, 2.45) is 0 Å². The molecule has 0 spiro atoms. The summed E-state index contributed by atoms with van der Waals surface area (Å²) in [6.07, 6.45) is 2.12. The van der Waals surface area contributed by atoms with Gasteiger partial charge in [-0.2, -0.15) is 5.10 Å². The van der Waals surface area contributed by atoms with Crippen LogP contribution in [0.2, 0.25) is 0 Å². The van der Waals surface area contributed by atoms with Crippen molar-refractivity contribution in [2.45, 2.75) is 52.4 Å². The summed E-state index contributed by atoms with van der Waals surface area (Å²) in [5, 5.41) is 7.38. The van der Waals surface area contributed by atoms with Gasteiger partial charge >= 0.3 is 0 Å². The van der Waals surface area contributed by atoms with Crippen molar-refractivity contribution in [3.8, 4) is 0 Å². The molecular formula is C18H25N3O2. The Balaban J connectivity index is 1.73. The number of hydrogen-bond acceptors (Lipinski definition) is 3. The van der Waals surface area contributed by atoms with Crippen LogP contribution in [0, 0.1) is 20.8 Å². The van der Waals surface area contributed by atoms with Gasteiger partial charge in [-0.3, -0.25) is 9.89 Å². The van der Waals surface area contributed by atoms with E-state index in [1.807, 2.05) is 38.7 Å². The lowest BCUT2D eigenvalue weighted by molar-refractivity contribution is -0.133. The second-order valence-corrected chi connectivity index (χ2v) is 6.69. The molecule has 1 saturated heterocycles. The number of nitrogens with zero attached hydrogens (tertiary/aromatic N) is 2. The van der Waals surface area contributed by atoms with Gasteiger partial charge in [-0.15, -0.1) is 0 Å². The Kier molecular flexibility index (Phi) is 4.28. The van der Waals surface area contributed by atoms with E-state index in [4.69, 9.17) is 4.42 Å². The van der Waals surface area contributed by atoms with Crippen molar-refractivity contribution in [1.82, 2.24) is 15.1 Å². The molecule has 0 bridgehead atoms. The van der Waals surface area contributed by atoms with Gasteiger partial charge in [-0.25, -0.2) is 0 Å². The van der Waals surface area contributed by atoms with Crippen molar-refractivity contribution in [1.29, 1.82) is 0 Å². The van der Waals surface area contributed by atoms with E-state index in [1.54, 1.807) is 0 Å². The number of H-pyrrole nitrogens is 1. The van der Waals surface area contributed by atoms with Crippen molar-refractivity contribution in [3.05, 3.63) is 40.6 Å². The molecule has 2 aromatic rings. The van der Waals surface area contributed by atoms with Gasteiger partial charge < -0.3 is 9.32 Å². The zero-order chi connectivity index (χ0) is 16.6. The molecular weight excluding hydrogens is 290 g/mol. The number of likely N-dealkylation sites (tertiary alicyclic amines) is 1. The predicted molar refractivity (Wildman–Crippen MR) is 88.5 cm³/mol. The first kappa shape index (κ1) is 15.8. The minimum Gasteiger partial charge on any atom is -0.466 e. The summed E-state index contributed by atoms with van der Waals surface area (Å²) in [6.45, 7) is 9.42. The highest BCUT2D eigenvalue weighted by Gasteiger charge is 2.30. The Morgan fingerprint density at radius 2 is 2.17 bits per heavy atom. The smallest absolute Gasteiger partial charge is 0.229 e. The maximum atomic E-state index is 12.9. The summed E-state index contributed by atoms with van der Waals surface area (Å²) >= 11 is 0. The Hall–Kier alpha value is -2.04. The number of aryl methyl sites for hydroxylation is 3. The van der Waals surface area contributed by atoms with Crippen LogP contribution in [0.15, 0.2) is 16.5 Å². The summed E-state index contributed by atoms with van der Waals surface area (Å²) in [5.74, 6) is 2.07. The molecule has 2 aromatic heterocycles. The zero-order valence-electron chi connectivity index (χ0n) is 14.3. The minimum absolute atomic E-state index is 0.160. The van der Waals surface area contributed by atoms with Crippen molar-refractivity contribution < 1.29 is 9.21 Å². The molecule has 124 valence electrons. The molecule has 23 heavy (non-hydrogen) atoms. The highest BCUT2D eigenvalue weighted by atomic mass is 16.3. The van der Waals surface area contributed by atoms with E-state index in [9.17, 15) is 4.79 Å². The van der Waals surface area contributed by atoms with E-state index >= 15 is 0 Å². The van der Waals surface area contributed by atoms with E-state index < -0.39 is 0 Å². The Morgan fingerprint density at radius 1 is 1.39 bits per heavy atom. The predicted octanol–water partition coefficient (Wildman–Crippen LogP) is 3.44. The summed E-state index contributed by atoms with van der Waals surface area (Å²) in [5.41, 5.74) is 3.15. The molecule has 2 atom stereocenters. The molecule has 5 nitrogen and oxygen atoms in total. The maximum absolute atomic E-state index is 12.9. The van der Waals surface area contributed by atoms with E-state index in [-0.39, 0.29) is 11.8 Å². The first-order valence-corrected chi connectivity index (χ1v) is 8.33. The number of piperidine rings is 1. The molecule has 0 aromatic carbocycles. The highest BCUT2D eigenvalue weighted by Crippen LogP contribution is 2.30. The van der Waals surface area contributed by atoms with Gasteiger partial charge in [0, 0.05) is 30.3 Å². The molecule has 1 fully saturated rings. The summed E-state index contributed by atoms with van der Waals surface area (Å²) in [7, 11) is 0. The molecule has 3 rings (SSSR count). The average Bonchev–Trinajstić information content (AvgIpc) is 3.11. The van der Waals surface area contributed by atoms with Crippen LogP contribution in [0.5, 0.6) is 0 Å². The van der Waals surface area contributed by atoms with Crippen LogP contribution in [-0.2, 0) is 4.79 Å². The fourth-order valence-electron chi connectivity index (χ4n) is 3.55. The Morgan fingerprint density at radius 3 is 2.78 bits per heavy atom. The van der Waals surface area contributed by atoms with Crippen LogP contribution in [-0.4, -0.2) is 34.1 Å². The molecule has 1 amide bonds. The Labute approximate surface area is 137 Å².